The van der Waals surface area contributed by atoms with Gasteiger partial charge in [0.1, 0.15) is 5.69 Å². The largest absolute Gasteiger partial charge is 0.389 e. The van der Waals surface area contributed by atoms with Crippen LogP contribution in [0.5, 0.6) is 0 Å². The zero-order chi connectivity index (χ0) is 10.8. The molecule has 0 aliphatic rings. The van der Waals surface area contributed by atoms with E-state index in [1.807, 2.05) is 0 Å². The van der Waals surface area contributed by atoms with E-state index >= 15 is 0 Å². The third kappa shape index (κ3) is 3.06. The highest BCUT2D eigenvalue weighted by atomic mass is 16.5. The molecule has 1 aromatic heterocycles. The van der Waals surface area contributed by atoms with Crippen LogP contribution in [0.4, 0.5) is 0 Å². The fourth-order valence-corrected chi connectivity index (χ4v) is 0.786. The maximum Gasteiger partial charge on any atom is 0.358 e. The first kappa shape index (κ1) is 10.5. The summed E-state index contributed by atoms with van der Waals surface area (Å²) >= 11 is 0. The van der Waals surface area contributed by atoms with Crippen LogP contribution in [0.15, 0.2) is 15.4 Å². The standard InChI is InChI=1S/C8H12N2O4/c1-8(2,13)4-9-7(12)5-3-6(11)14-10-5/h3,10,13H,4H2,1-2H3,(H,9,12). The van der Waals surface area contributed by atoms with E-state index in [1.165, 1.54) is 0 Å². The van der Waals surface area contributed by atoms with Crippen molar-refractivity contribution in [3.63, 3.8) is 0 Å². The molecule has 3 N–H and O–H groups in total. The summed E-state index contributed by atoms with van der Waals surface area (Å²) in [6, 6.07) is 1.04. The average Bonchev–Trinajstić information content (AvgIpc) is 2.46. The van der Waals surface area contributed by atoms with Gasteiger partial charge in [-0.1, -0.05) is 0 Å². The number of aliphatic hydroxyl groups is 1. The number of aromatic amines is 1. The Kier molecular flexibility index (Phi) is 2.76. The molecule has 14 heavy (non-hydrogen) atoms. The van der Waals surface area contributed by atoms with Gasteiger partial charge in [-0.25, -0.2) is 9.95 Å². The Bertz CT molecular complexity index is 371. The SMILES string of the molecule is CC(C)(O)CNC(=O)c1cc(=O)o[nH]1. The van der Waals surface area contributed by atoms with E-state index in [0.29, 0.717) is 0 Å². The molecule has 0 radical (unpaired) electrons. The van der Waals surface area contributed by atoms with E-state index in [4.69, 9.17) is 0 Å². The Hall–Kier alpha value is -1.56. The minimum absolute atomic E-state index is 0.0410. The lowest BCUT2D eigenvalue weighted by Gasteiger charge is -2.16. The van der Waals surface area contributed by atoms with Crippen molar-refractivity contribution in [1.29, 1.82) is 0 Å². The van der Waals surface area contributed by atoms with Gasteiger partial charge in [-0.05, 0) is 13.8 Å². The normalized spacial score (nSPS) is 11.4. The summed E-state index contributed by atoms with van der Waals surface area (Å²) in [5.74, 6) is -0.488. The second-order valence-electron chi connectivity index (χ2n) is 3.58. The van der Waals surface area contributed by atoms with Crippen LogP contribution in [0.25, 0.3) is 0 Å². The van der Waals surface area contributed by atoms with Crippen molar-refractivity contribution in [2.75, 3.05) is 6.54 Å². The van der Waals surface area contributed by atoms with Crippen molar-refractivity contribution in [2.45, 2.75) is 19.4 Å². The number of aromatic nitrogens is 1. The van der Waals surface area contributed by atoms with Gasteiger partial charge >= 0.3 is 5.63 Å². The molecule has 6 heteroatoms. The van der Waals surface area contributed by atoms with Crippen molar-refractivity contribution in [2.24, 2.45) is 0 Å². The van der Waals surface area contributed by atoms with Crippen LogP contribution in [0.1, 0.15) is 24.3 Å². The second kappa shape index (κ2) is 3.67. The number of amides is 1. The number of carbonyl (C=O) groups excluding carboxylic acids is 1. The first-order chi connectivity index (χ1) is 6.38. The van der Waals surface area contributed by atoms with Crippen molar-refractivity contribution < 1.29 is 14.4 Å². The van der Waals surface area contributed by atoms with Crippen molar-refractivity contribution in [1.82, 2.24) is 10.5 Å². The Morgan fingerprint density at radius 2 is 2.36 bits per heavy atom. The molecular weight excluding hydrogens is 188 g/mol. The lowest BCUT2D eigenvalue weighted by molar-refractivity contribution is 0.0690. The topological polar surface area (TPSA) is 95.3 Å². The molecule has 0 saturated heterocycles. The molecule has 1 amide bonds. The van der Waals surface area contributed by atoms with Gasteiger partial charge < -0.3 is 14.9 Å². The molecule has 78 valence electrons. The highest BCUT2D eigenvalue weighted by molar-refractivity contribution is 5.91. The van der Waals surface area contributed by atoms with Crippen LogP contribution in [0.3, 0.4) is 0 Å². The molecular formula is C8H12N2O4. The average molecular weight is 200 g/mol. The maximum absolute atomic E-state index is 11.3. The van der Waals surface area contributed by atoms with Gasteiger partial charge in [-0.3, -0.25) is 4.79 Å². The summed E-state index contributed by atoms with van der Waals surface area (Å²) in [5, 5.41) is 13.9. The lowest BCUT2D eigenvalue weighted by Crippen LogP contribution is -2.38. The smallest absolute Gasteiger partial charge is 0.358 e. The predicted octanol–water partition coefficient (Wildman–Crippen LogP) is -0.531. The molecule has 1 heterocycles. The molecule has 0 unspecified atom stereocenters. The van der Waals surface area contributed by atoms with Gasteiger partial charge in [0, 0.05) is 6.54 Å². The molecule has 1 rings (SSSR count). The summed E-state index contributed by atoms with van der Waals surface area (Å²) in [7, 11) is 0. The van der Waals surface area contributed by atoms with Crippen LogP contribution in [0, 0.1) is 0 Å². The molecule has 0 saturated carbocycles. The molecule has 6 nitrogen and oxygen atoms in total. The van der Waals surface area contributed by atoms with Gasteiger partial charge in [0.2, 0.25) is 0 Å². The monoisotopic (exact) mass is 200 g/mol. The number of H-pyrrole nitrogens is 1. The van der Waals surface area contributed by atoms with Gasteiger partial charge in [0.25, 0.3) is 5.91 Å². The Balaban J connectivity index is 2.56. The van der Waals surface area contributed by atoms with Crippen molar-refractivity contribution >= 4 is 5.91 Å². The van der Waals surface area contributed by atoms with Gasteiger partial charge in [-0.15, -0.1) is 0 Å². The molecule has 1 aromatic rings. The number of hydrogen-bond acceptors (Lipinski definition) is 4. The number of carbonyl (C=O) groups is 1. The van der Waals surface area contributed by atoms with E-state index in [9.17, 15) is 14.7 Å². The summed E-state index contributed by atoms with van der Waals surface area (Å²) in [6.07, 6.45) is 0. The summed E-state index contributed by atoms with van der Waals surface area (Å²) in [5.41, 5.74) is -1.56. The quantitative estimate of drug-likeness (QED) is 0.611. The Morgan fingerprint density at radius 3 is 2.79 bits per heavy atom. The second-order valence-corrected chi connectivity index (χ2v) is 3.58. The molecule has 0 spiro atoms. The van der Waals surface area contributed by atoms with Crippen LogP contribution in [-0.2, 0) is 0 Å². The van der Waals surface area contributed by atoms with E-state index in [1.54, 1.807) is 13.8 Å². The van der Waals surface area contributed by atoms with Gasteiger partial charge in [-0.2, -0.15) is 0 Å². The minimum atomic E-state index is -0.986. The van der Waals surface area contributed by atoms with Crippen molar-refractivity contribution in [3.8, 4) is 0 Å². The van der Waals surface area contributed by atoms with Gasteiger partial charge in [0.05, 0.1) is 11.7 Å². The maximum atomic E-state index is 11.3. The van der Waals surface area contributed by atoms with E-state index in [-0.39, 0.29) is 12.2 Å². The first-order valence-electron chi connectivity index (χ1n) is 4.07. The zero-order valence-corrected chi connectivity index (χ0v) is 7.96. The third-order valence-electron chi connectivity index (χ3n) is 1.45. The van der Waals surface area contributed by atoms with E-state index in [0.717, 1.165) is 6.07 Å². The van der Waals surface area contributed by atoms with Gasteiger partial charge in [0.15, 0.2) is 0 Å². The minimum Gasteiger partial charge on any atom is -0.389 e. The first-order valence-corrected chi connectivity index (χ1v) is 4.07. The Morgan fingerprint density at radius 1 is 1.71 bits per heavy atom. The highest BCUT2D eigenvalue weighted by Gasteiger charge is 2.15. The fraction of sp³-hybridized carbons (Fsp3) is 0.500. The molecule has 0 aliphatic heterocycles. The van der Waals surface area contributed by atoms with Crippen LogP contribution in [-0.4, -0.2) is 28.3 Å². The summed E-state index contributed by atoms with van der Waals surface area (Å²) < 4.78 is 4.31. The molecule has 0 aliphatic carbocycles. The lowest BCUT2D eigenvalue weighted by atomic mass is 10.1. The fourth-order valence-electron chi connectivity index (χ4n) is 0.786. The van der Waals surface area contributed by atoms with E-state index in [2.05, 4.69) is 15.0 Å². The van der Waals surface area contributed by atoms with Crippen LogP contribution in [0.2, 0.25) is 0 Å². The molecule has 0 atom stereocenters. The molecule has 0 aromatic carbocycles. The summed E-state index contributed by atoms with van der Waals surface area (Å²) in [4.78, 5) is 21.8. The number of hydrogen-bond donors (Lipinski definition) is 3. The van der Waals surface area contributed by atoms with Crippen molar-refractivity contribution in [3.05, 3.63) is 22.2 Å². The number of nitrogens with one attached hydrogen (secondary N) is 2. The predicted molar refractivity (Wildman–Crippen MR) is 48.0 cm³/mol. The number of rotatable bonds is 3. The third-order valence-corrected chi connectivity index (χ3v) is 1.45. The highest BCUT2D eigenvalue weighted by Crippen LogP contribution is 1.98. The molecule has 0 bridgehead atoms. The molecule has 0 fully saturated rings. The summed E-state index contributed by atoms with van der Waals surface area (Å²) in [6.45, 7) is 3.22. The van der Waals surface area contributed by atoms with Crippen LogP contribution >= 0.6 is 0 Å². The Labute approximate surface area is 79.9 Å². The van der Waals surface area contributed by atoms with Crippen LogP contribution < -0.4 is 10.9 Å². The van der Waals surface area contributed by atoms with E-state index < -0.39 is 17.1 Å². The zero-order valence-electron chi connectivity index (χ0n) is 7.96.